The first-order chi connectivity index (χ1) is 8.63. The Hall–Kier alpha value is -1.88. The van der Waals surface area contributed by atoms with E-state index in [1.807, 2.05) is 0 Å². The van der Waals surface area contributed by atoms with Gasteiger partial charge in [-0.2, -0.15) is 0 Å². The second-order valence-corrected chi connectivity index (χ2v) is 3.46. The topological polar surface area (TPSA) is 61.8 Å². The van der Waals surface area contributed by atoms with Gasteiger partial charge < -0.3 is 14.2 Å². The van der Waals surface area contributed by atoms with Crippen LogP contribution >= 0.6 is 0 Å². The van der Waals surface area contributed by atoms with Crippen molar-refractivity contribution in [1.29, 1.82) is 0 Å². The van der Waals surface area contributed by atoms with E-state index in [4.69, 9.17) is 14.2 Å². The van der Waals surface area contributed by atoms with Gasteiger partial charge in [0.05, 0.1) is 13.7 Å². The van der Waals surface area contributed by atoms with Crippen LogP contribution in [0.1, 0.15) is 17.3 Å². The molecule has 0 aliphatic carbocycles. The molecule has 1 rings (SSSR count). The van der Waals surface area contributed by atoms with Crippen LogP contribution in [0, 0.1) is 0 Å². The normalized spacial score (nSPS) is 11.7. The van der Waals surface area contributed by atoms with Crippen LogP contribution < -0.4 is 4.74 Å². The highest BCUT2D eigenvalue weighted by atomic mass is 16.6. The molecule has 1 unspecified atom stereocenters. The Bertz CT molecular complexity index is 427. The predicted octanol–water partition coefficient (Wildman–Crippen LogP) is 1.46. The van der Waals surface area contributed by atoms with Gasteiger partial charge in [-0.1, -0.05) is 12.1 Å². The summed E-state index contributed by atoms with van der Waals surface area (Å²) in [4.78, 5) is 23.6. The summed E-state index contributed by atoms with van der Waals surface area (Å²) in [5, 5.41) is 0. The van der Waals surface area contributed by atoms with Gasteiger partial charge in [0.15, 0.2) is 0 Å². The van der Waals surface area contributed by atoms with Gasteiger partial charge in [-0.05, 0) is 19.1 Å². The summed E-state index contributed by atoms with van der Waals surface area (Å²) in [5.41, 5.74) is 0.342. The van der Waals surface area contributed by atoms with Gasteiger partial charge in [0, 0.05) is 12.7 Å². The summed E-state index contributed by atoms with van der Waals surface area (Å²) in [5.74, 6) is -0.595. The molecule has 98 valence electrons. The maximum Gasteiger partial charge on any atom is 0.343 e. The number of ether oxygens (including phenoxy) is 3. The SMILES string of the molecule is CCOC(=O)C(OC)C(=O)c1cccc(OC)c1. The second-order valence-electron chi connectivity index (χ2n) is 3.46. The van der Waals surface area contributed by atoms with Crippen LogP contribution in [0.15, 0.2) is 24.3 Å². The van der Waals surface area contributed by atoms with Crippen LogP contribution in [-0.2, 0) is 14.3 Å². The fourth-order valence-electron chi connectivity index (χ4n) is 1.46. The lowest BCUT2D eigenvalue weighted by molar-refractivity contribution is -0.151. The molecular formula is C13H16O5. The Kier molecular flexibility index (Phi) is 5.32. The third-order valence-corrected chi connectivity index (χ3v) is 2.33. The van der Waals surface area contributed by atoms with Crippen LogP contribution in [0.3, 0.4) is 0 Å². The molecule has 5 heteroatoms. The zero-order chi connectivity index (χ0) is 13.5. The van der Waals surface area contributed by atoms with Crippen molar-refractivity contribution in [3.05, 3.63) is 29.8 Å². The summed E-state index contributed by atoms with van der Waals surface area (Å²) in [6, 6.07) is 6.52. The number of Topliss-reactive ketones (excluding diaryl/α,β-unsaturated/α-hetero) is 1. The maximum absolute atomic E-state index is 12.1. The average Bonchev–Trinajstić information content (AvgIpc) is 2.40. The number of carbonyl (C=O) groups is 2. The largest absolute Gasteiger partial charge is 0.497 e. The number of ketones is 1. The summed E-state index contributed by atoms with van der Waals surface area (Å²) in [6.07, 6.45) is -1.24. The maximum atomic E-state index is 12.1. The highest BCUT2D eigenvalue weighted by Gasteiger charge is 2.28. The number of benzene rings is 1. The number of esters is 1. The van der Waals surface area contributed by atoms with Crippen LogP contribution in [-0.4, -0.2) is 38.7 Å². The fraction of sp³-hybridized carbons (Fsp3) is 0.385. The van der Waals surface area contributed by atoms with Crippen molar-refractivity contribution in [2.75, 3.05) is 20.8 Å². The van der Waals surface area contributed by atoms with E-state index in [9.17, 15) is 9.59 Å². The van der Waals surface area contributed by atoms with Crippen molar-refractivity contribution in [2.45, 2.75) is 13.0 Å². The highest BCUT2D eigenvalue weighted by molar-refractivity contribution is 6.11. The smallest absolute Gasteiger partial charge is 0.343 e. The van der Waals surface area contributed by atoms with E-state index in [1.165, 1.54) is 14.2 Å². The average molecular weight is 252 g/mol. The first-order valence-corrected chi connectivity index (χ1v) is 5.51. The summed E-state index contributed by atoms with van der Waals surface area (Å²) in [6.45, 7) is 1.87. The molecular weight excluding hydrogens is 236 g/mol. The van der Waals surface area contributed by atoms with Crippen molar-refractivity contribution in [1.82, 2.24) is 0 Å². The lowest BCUT2D eigenvalue weighted by Gasteiger charge is -2.13. The van der Waals surface area contributed by atoms with Gasteiger partial charge in [0.1, 0.15) is 5.75 Å². The standard InChI is InChI=1S/C13H16O5/c1-4-18-13(15)12(17-3)11(14)9-6-5-7-10(8-9)16-2/h5-8,12H,4H2,1-3H3. The van der Waals surface area contributed by atoms with Crippen LogP contribution in [0.2, 0.25) is 0 Å². The van der Waals surface area contributed by atoms with Crippen molar-refractivity contribution >= 4 is 11.8 Å². The molecule has 0 N–H and O–H groups in total. The molecule has 0 bridgehead atoms. The van der Waals surface area contributed by atoms with E-state index in [2.05, 4.69) is 0 Å². The molecule has 1 atom stereocenters. The van der Waals surface area contributed by atoms with E-state index in [0.717, 1.165) is 0 Å². The van der Waals surface area contributed by atoms with E-state index in [1.54, 1.807) is 31.2 Å². The molecule has 0 saturated heterocycles. The molecule has 5 nitrogen and oxygen atoms in total. The predicted molar refractivity (Wildman–Crippen MR) is 64.8 cm³/mol. The fourth-order valence-corrected chi connectivity index (χ4v) is 1.46. The molecule has 0 radical (unpaired) electrons. The van der Waals surface area contributed by atoms with Crippen LogP contribution in [0.5, 0.6) is 5.75 Å². The van der Waals surface area contributed by atoms with Crippen molar-refractivity contribution in [2.24, 2.45) is 0 Å². The molecule has 0 saturated carbocycles. The number of rotatable bonds is 6. The Balaban J connectivity index is 2.92. The summed E-state index contributed by atoms with van der Waals surface area (Å²) < 4.78 is 14.7. The molecule has 0 heterocycles. The molecule has 18 heavy (non-hydrogen) atoms. The lowest BCUT2D eigenvalue weighted by atomic mass is 10.1. The van der Waals surface area contributed by atoms with Crippen LogP contribution in [0.4, 0.5) is 0 Å². The first-order valence-electron chi connectivity index (χ1n) is 5.51. The molecule has 0 aliphatic heterocycles. The van der Waals surface area contributed by atoms with Gasteiger partial charge >= 0.3 is 5.97 Å². The Morgan fingerprint density at radius 1 is 1.28 bits per heavy atom. The molecule has 0 spiro atoms. The minimum Gasteiger partial charge on any atom is -0.497 e. The van der Waals surface area contributed by atoms with Gasteiger partial charge in [-0.25, -0.2) is 4.79 Å². The first kappa shape index (κ1) is 14.2. The van der Waals surface area contributed by atoms with E-state index < -0.39 is 17.9 Å². The van der Waals surface area contributed by atoms with Crippen molar-refractivity contribution < 1.29 is 23.8 Å². The Labute approximate surface area is 106 Å². The number of methoxy groups -OCH3 is 2. The Morgan fingerprint density at radius 3 is 2.56 bits per heavy atom. The van der Waals surface area contributed by atoms with Crippen molar-refractivity contribution in [3.8, 4) is 5.75 Å². The summed E-state index contributed by atoms with van der Waals surface area (Å²) in [7, 11) is 2.79. The minimum atomic E-state index is -1.24. The van der Waals surface area contributed by atoms with Crippen LogP contribution in [0.25, 0.3) is 0 Å². The third kappa shape index (κ3) is 3.30. The molecule has 0 aromatic heterocycles. The van der Waals surface area contributed by atoms with E-state index in [-0.39, 0.29) is 6.61 Å². The number of hydrogen-bond acceptors (Lipinski definition) is 5. The third-order valence-electron chi connectivity index (χ3n) is 2.33. The minimum absolute atomic E-state index is 0.198. The molecule has 0 fully saturated rings. The van der Waals surface area contributed by atoms with Gasteiger partial charge in [-0.15, -0.1) is 0 Å². The number of hydrogen-bond donors (Lipinski definition) is 0. The second kappa shape index (κ2) is 6.76. The molecule has 1 aromatic rings. The molecule has 0 amide bonds. The molecule has 1 aromatic carbocycles. The van der Waals surface area contributed by atoms with Crippen molar-refractivity contribution in [3.63, 3.8) is 0 Å². The Morgan fingerprint density at radius 2 is 2.00 bits per heavy atom. The summed E-state index contributed by atoms with van der Waals surface area (Å²) >= 11 is 0. The lowest BCUT2D eigenvalue weighted by Crippen LogP contribution is -2.33. The van der Waals surface area contributed by atoms with Gasteiger partial charge in [0.25, 0.3) is 0 Å². The zero-order valence-corrected chi connectivity index (χ0v) is 10.6. The monoisotopic (exact) mass is 252 g/mol. The number of carbonyl (C=O) groups excluding carboxylic acids is 2. The molecule has 0 aliphatic rings. The van der Waals surface area contributed by atoms with Gasteiger partial charge in [0.2, 0.25) is 11.9 Å². The van der Waals surface area contributed by atoms with Gasteiger partial charge in [-0.3, -0.25) is 4.79 Å². The van der Waals surface area contributed by atoms with E-state index in [0.29, 0.717) is 11.3 Å². The quantitative estimate of drug-likeness (QED) is 0.435. The highest BCUT2D eigenvalue weighted by Crippen LogP contribution is 2.15. The van der Waals surface area contributed by atoms with E-state index >= 15 is 0 Å². The zero-order valence-electron chi connectivity index (χ0n) is 10.6.